The Bertz CT molecular complexity index is 554. The summed E-state index contributed by atoms with van der Waals surface area (Å²) >= 11 is 0. The van der Waals surface area contributed by atoms with Gasteiger partial charge < -0.3 is 4.90 Å². The summed E-state index contributed by atoms with van der Waals surface area (Å²) in [5.74, 6) is 0.139. The molecule has 19 heavy (non-hydrogen) atoms. The van der Waals surface area contributed by atoms with Crippen molar-refractivity contribution >= 4 is 11.5 Å². The van der Waals surface area contributed by atoms with Crippen LogP contribution in [0.3, 0.4) is 0 Å². The number of hydrogen-bond donors (Lipinski definition) is 0. The van der Waals surface area contributed by atoms with Crippen LogP contribution in [0.4, 0.5) is 0 Å². The van der Waals surface area contributed by atoms with E-state index in [2.05, 4.69) is 6.08 Å². The molecule has 0 radical (unpaired) electrons. The van der Waals surface area contributed by atoms with E-state index in [0.29, 0.717) is 0 Å². The van der Waals surface area contributed by atoms with Crippen LogP contribution < -0.4 is 0 Å². The Morgan fingerprint density at radius 2 is 1.79 bits per heavy atom. The summed E-state index contributed by atoms with van der Waals surface area (Å²) in [4.78, 5) is 14.4. The van der Waals surface area contributed by atoms with Crippen LogP contribution in [0.1, 0.15) is 31.2 Å². The van der Waals surface area contributed by atoms with Crippen molar-refractivity contribution in [2.75, 3.05) is 13.6 Å². The van der Waals surface area contributed by atoms with Gasteiger partial charge in [-0.05, 0) is 48.5 Å². The maximum atomic E-state index is 12.5. The molecule has 1 amide bonds. The van der Waals surface area contributed by atoms with Crippen LogP contribution in [0.5, 0.6) is 0 Å². The van der Waals surface area contributed by atoms with Crippen molar-refractivity contribution in [1.82, 2.24) is 4.90 Å². The van der Waals surface area contributed by atoms with Crippen LogP contribution in [0.2, 0.25) is 0 Å². The molecule has 1 aliphatic heterocycles. The van der Waals surface area contributed by atoms with Crippen LogP contribution in [0.25, 0.3) is 5.57 Å². The zero-order valence-corrected chi connectivity index (χ0v) is 11.4. The van der Waals surface area contributed by atoms with Crippen molar-refractivity contribution < 1.29 is 4.79 Å². The van der Waals surface area contributed by atoms with Crippen LogP contribution in [-0.2, 0) is 4.79 Å². The van der Waals surface area contributed by atoms with Gasteiger partial charge in [0.2, 0.25) is 0 Å². The first-order valence-corrected chi connectivity index (χ1v) is 6.99. The maximum Gasteiger partial charge on any atom is 0.254 e. The van der Waals surface area contributed by atoms with Crippen LogP contribution in [0.15, 0.2) is 47.6 Å². The summed E-state index contributed by atoms with van der Waals surface area (Å²) in [6.07, 6.45) is 6.90. The van der Waals surface area contributed by atoms with E-state index in [1.807, 2.05) is 42.3 Å². The van der Waals surface area contributed by atoms with E-state index in [-0.39, 0.29) is 5.91 Å². The Hall–Kier alpha value is -1.83. The number of amides is 1. The molecule has 1 aliphatic carbocycles. The number of likely N-dealkylation sites (N-methyl/N-ethyl adjacent to an activating group) is 1. The van der Waals surface area contributed by atoms with E-state index >= 15 is 0 Å². The summed E-state index contributed by atoms with van der Waals surface area (Å²) in [6, 6.07) is 10.0. The number of rotatable bonds is 1. The first-order chi connectivity index (χ1) is 9.25. The minimum absolute atomic E-state index is 0.139. The molecule has 3 rings (SSSR count). The van der Waals surface area contributed by atoms with Crippen LogP contribution >= 0.6 is 0 Å². The maximum absolute atomic E-state index is 12.5. The Morgan fingerprint density at radius 1 is 1.05 bits per heavy atom. The second-order valence-electron chi connectivity index (χ2n) is 5.42. The highest BCUT2D eigenvalue weighted by atomic mass is 16.2. The Morgan fingerprint density at radius 3 is 2.58 bits per heavy atom. The number of nitrogens with zero attached hydrogens (tertiary/aromatic N) is 1. The first-order valence-electron chi connectivity index (χ1n) is 6.99. The fourth-order valence-corrected chi connectivity index (χ4v) is 2.97. The molecule has 2 aliphatic rings. The molecule has 0 fully saturated rings. The minimum Gasteiger partial charge on any atom is -0.338 e. The quantitative estimate of drug-likeness (QED) is 0.751. The third-order valence-electron chi connectivity index (χ3n) is 4.04. The van der Waals surface area contributed by atoms with Crippen molar-refractivity contribution in [3.05, 3.63) is 53.1 Å². The van der Waals surface area contributed by atoms with Crippen molar-refractivity contribution in [2.24, 2.45) is 0 Å². The SMILES string of the molecule is CN1CC2=C(C=C(c3ccccc3)C1=O)CCCC2. The van der Waals surface area contributed by atoms with Crippen molar-refractivity contribution in [2.45, 2.75) is 25.7 Å². The predicted octanol–water partition coefficient (Wildman–Crippen LogP) is 3.41. The summed E-state index contributed by atoms with van der Waals surface area (Å²) in [5.41, 5.74) is 4.71. The molecular formula is C17H19NO. The van der Waals surface area contributed by atoms with Gasteiger partial charge in [0.25, 0.3) is 5.91 Å². The van der Waals surface area contributed by atoms with Crippen molar-refractivity contribution in [3.8, 4) is 0 Å². The zero-order chi connectivity index (χ0) is 13.2. The van der Waals surface area contributed by atoms with E-state index in [1.165, 1.54) is 24.0 Å². The lowest BCUT2D eigenvalue weighted by Crippen LogP contribution is -2.28. The van der Waals surface area contributed by atoms with Gasteiger partial charge in [-0.1, -0.05) is 30.3 Å². The Kier molecular flexibility index (Phi) is 3.24. The zero-order valence-electron chi connectivity index (χ0n) is 11.4. The number of benzene rings is 1. The molecule has 98 valence electrons. The summed E-state index contributed by atoms with van der Waals surface area (Å²) in [7, 11) is 1.91. The Labute approximate surface area is 114 Å². The monoisotopic (exact) mass is 253 g/mol. The number of allylic oxidation sites excluding steroid dienone is 2. The normalized spacial score (nSPS) is 19.9. The van der Waals surface area contributed by atoms with Gasteiger partial charge in [0.1, 0.15) is 0 Å². The molecule has 0 N–H and O–H groups in total. The molecule has 2 heteroatoms. The summed E-state index contributed by atoms with van der Waals surface area (Å²) in [5, 5.41) is 0. The highest BCUT2D eigenvalue weighted by Gasteiger charge is 2.24. The second kappa shape index (κ2) is 5.04. The lowest BCUT2D eigenvalue weighted by Gasteiger charge is -2.21. The molecule has 1 aromatic carbocycles. The fraction of sp³-hybridized carbons (Fsp3) is 0.353. The molecule has 2 nitrogen and oxygen atoms in total. The third-order valence-corrected chi connectivity index (χ3v) is 4.04. The standard InChI is InChI=1S/C17H19NO/c1-18-12-15-10-6-5-9-14(15)11-16(17(18)19)13-7-3-2-4-8-13/h2-4,7-8,11H,5-6,9-10,12H2,1H3. The average molecular weight is 253 g/mol. The molecule has 1 aromatic rings. The summed E-state index contributed by atoms with van der Waals surface area (Å²) in [6.45, 7) is 0.793. The number of carbonyl (C=O) groups is 1. The van der Waals surface area contributed by atoms with E-state index in [0.717, 1.165) is 30.5 Å². The summed E-state index contributed by atoms with van der Waals surface area (Å²) < 4.78 is 0. The van der Waals surface area contributed by atoms with Gasteiger partial charge in [0.15, 0.2) is 0 Å². The van der Waals surface area contributed by atoms with Gasteiger partial charge in [-0.15, -0.1) is 0 Å². The van der Waals surface area contributed by atoms with E-state index in [1.54, 1.807) is 0 Å². The van der Waals surface area contributed by atoms with Crippen LogP contribution in [0, 0.1) is 0 Å². The molecule has 0 spiro atoms. The van der Waals surface area contributed by atoms with Gasteiger partial charge in [-0.25, -0.2) is 0 Å². The molecule has 0 atom stereocenters. The molecule has 0 bridgehead atoms. The third kappa shape index (κ3) is 2.35. The van der Waals surface area contributed by atoms with Gasteiger partial charge in [-0.2, -0.15) is 0 Å². The van der Waals surface area contributed by atoms with Gasteiger partial charge in [0.05, 0.1) is 0 Å². The van der Waals surface area contributed by atoms with Gasteiger partial charge in [-0.3, -0.25) is 4.79 Å². The topological polar surface area (TPSA) is 20.3 Å². The lowest BCUT2D eigenvalue weighted by molar-refractivity contribution is -0.123. The average Bonchev–Trinajstić information content (AvgIpc) is 2.58. The number of carbonyl (C=O) groups excluding carboxylic acids is 1. The van der Waals surface area contributed by atoms with Crippen LogP contribution in [-0.4, -0.2) is 24.4 Å². The molecule has 0 saturated heterocycles. The highest BCUT2D eigenvalue weighted by molar-refractivity contribution is 6.20. The van der Waals surface area contributed by atoms with E-state index in [4.69, 9.17) is 0 Å². The molecule has 1 heterocycles. The molecule has 0 saturated carbocycles. The van der Waals surface area contributed by atoms with Gasteiger partial charge >= 0.3 is 0 Å². The second-order valence-corrected chi connectivity index (χ2v) is 5.42. The molecule has 0 unspecified atom stereocenters. The predicted molar refractivity (Wildman–Crippen MR) is 77.6 cm³/mol. The van der Waals surface area contributed by atoms with Crippen molar-refractivity contribution in [1.29, 1.82) is 0 Å². The Balaban J connectivity index is 2.07. The largest absolute Gasteiger partial charge is 0.338 e. The highest BCUT2D eigenvalue weighted by Crippen LogP contribution is 2.32. The lowest BCUT2D eigenvalue weighted by atomic mass is 9.90. The van der Waals surface area contributed by atoms with E-state index in [9.17, 15) is 4.79 Å². The van der Waals surface area contributed by atoms with E-state index < -0.39 is 0 Å². The first kappa shape index (κ1) is 12.2. The molecule has 0 aromatic heterocycles. The smallest absolute Gasteiger partial charge is 0.254 e. The fourth-order valence-electron chi connectivity index (χ4n) is 2.97. The number of hydrogen-bond acceptors (Lipinski definition) is 1. The van der Waals surface area contributed by atoms with Gasteiger partial charge in [0, 0.05) is 19.2 Å². The van der Waals surface area contributed by atoms with Crippen molar-refractivity contribution in [3.63, 3.8) is 0 Å². The molecular weight excluding hydrogens is 234 g/mol. The minimum atomic E-state index is 0.139.